The number of aliphatic hydroxyl groups is 2. The van der Waals surface area contributed by atoms with Crippen LogP contribution in [-0.4, -0.2) is 108 Å². The fourth-order valence-electron chi connectivity index (χ4n) is 7.08. The van der Waals surface area contributed by atoms with Crippen molar-refractivity contribution in [2.75, 3.05) is 54.3 Å². The molecule has 2 N–H and O–H groups in total. The van der Waals surface area contributed by atoms with Crippen LogP contribution in [0.15, 0.2) is 24.3 Å². The molecule has 2 aromatic carbocycles. The zero-order valence-corrected chi connectivity index (χ0v) is 28.0. The van der Waals surface area contributed by atoms with E-state index >= 15 is 0 Å². The average molecular weight is 695 g/mol. The molecule has 4 heterocycles. The number of hydrogen-bond acceptors (Lipinski definition) is 15. The van der Waals surface area contributed by atoms with Crippen molar-refractivity contribution in [1.29, 1.82) is 0 Å². The van der Waals surface area contributed by atoms with E-state index in [2.05, 4.69) is 0 Å². The first kappa shape index (κ1) is 33.4. The molecule has 7 unspecified atom stereocenters. The molecule has 2 aromatic rings. The topological polar surface area (TPSA) is 176 Å². The van der Waals surface area contributed by atoms with Gasteiger partial charge in [0.25, 0.3) is 0 Å². The lowest BCUT2D eigenvalue weighted by atomic mass is 9.66. The second kappa shape index (κ2) is 13.0. The van der Waals surface area contributed by atoms with Crippen LogP contribution in [0.3, 0.4) is 0 Å². The Kier molecular flexibility index (Phi) is 9.00. The number of benzene rings is 2. The fourth-order valence-corrected chi connectivity index (χ4v) is 7.38. The van der Waals surface area contributed by atoms with Gasteiger partial charge in [0, 0.05) is 25.2 Å². The number of hydrogen-bond donors (Lipinski definition) is 2. The Balaban J connectivity index is 1.28. The molecule has 1 aliphatic carbocycles. The monoisotopic (exact) mass is 694 g/mol. The second-order valence-electron chi connectivity index (χ2n) is 12.6. The normalized spacial score (nSPS) is 33.7. The molecule has 15 nitrogen and oxygen atoms in total. The zero-order valence-electron chi connectivity index (χ0n) is 27.1. The van der Waals surface area contributed by atoms with Gasteiger partial charge >= 0.3 is 5.97 Å². The Hall–Kier alpha value is -3.14. The van der Waals surface area contributed by atoms with Gasteiger partial charge in [-0.25, -0.2) is 0 Å². The van der Waals surface area contributed by atoms with Gasteiger partial charge in [-0.2, -0.15) is 0 Å². The number of carbonyl (C=O) groups is 1. The summed E-state index contributed by atoms with van der Waals surface area (Å²) in [6.45, 7) is 4.54. The molecule has 10 atom stereocenters. The van der Waals surface area contributed by atoms with Crippen molar-refractivity contribution in [2.24, 2.45) is 11.8 Å². The van der Waals surface area contributed by atoms with Crippen molar-refractivity contribution in [3.8, 4) is 28.7 Å². The van der Waals surface area contributed by atoms with E-state index in [1.807, 2.05) is 6.07 Å². The van der Waals surface area contributed by atoms with Crippen molar-refractivity contribution in [2.45, 2.75) is 55.9 Å². The molecule has 262 valence electrons. The smallest absolute Gasteiger partial charge is 0.310 e. The molecule has 0 radical (unpaired) electrons. The Morgan fingerprint density at radius 3 is 2.27 bits per heavy atom. The van der Waals surface area contributed by atoms with E-state index in [9.17, 15) is 19.6 Å². The van der Waals surface area contributed by atoms with Gasteiger partial charge in [-0.3, -0.25) is 13.9 Å². The summed E-state index contributed by atoms with van der Waals surface area (Å²) in [5, 5.41) is 22.1. The van der Waals surface area contributed by atoms with Gasteiger partial charge in [0.05, 0.1) is 39.5 Å². The molecule has 0 bridgehead atoms. The lowest BCUT2D eigenvalue weighted by molar-refractivity contribution is -0.364. The van der Waals surface area contributed by atoms with E-state index in [-0.39, 0.29) is 32.5 Å². The molecule has 0 spiro atoms. The summed E-state index contributed by atoms with van der Waals surface area (Å²) in [7, 11) is 0.116. The van der Waals surface area contributed by atoms with E-state index in [4.69, 9.17) is 51.9 Å². The average Bonchev–Trinajstić information content (AvgIpc) is 3.68. The summed E-state index contributed by atoms with van der Waals surface area (Å²) >= 11 is 0. The summed E-state index contributed by atoms with van der Waals surface area (Å²) in [4.78, 5) is 13.6. The molecular weight excluding hydrogens is 655 g/mol. The summed E-state index contributed by atoms with van der Waals surface area (Å²) in [5.74, 6) is -0.522. The highest BCUT2D eigenvalue weighted by atomic mass is 31.2. The molecule has 4 aliphatic heterocycles. The van der Waals surface area contributed by atoms with Gasteiger partial charge in [0.2, 0.25) is 12.5 Å². The van der Waals surface area contributed by atoms with Crippen LogP contribution in [0.4, 0.5) is 0 Å². The Labute approximate surface area is 276 Å². The molecule has 16 heteroatoms. The lowest BCUT2D eigenvalue weighted by Crippen LogP contribution is -2.63. The fraction of sp³-hybridized carbons (Fsp3) is 0.594. The van der Waals surface area contributed by atoms with Crippen LogP contribution in [0.5, 0.6) is 28.7 Å². The van der Waals surface area contributed by atoms with Crippen molar-refractivity contribution in [3.63, 3.8) is 0 Å². The number of ether oxygens (including phenoxy) is 10. The highest BCUT2D eigenvalue weighted by Crippen LogP contribution is 2.57. The van der Waals surface area contributed by atoms with E-state index in [0.717, 1.165) is 0 Å². The standard InChI is InChI=1S/C32H39O15P/c1-14-39-11-23-30(45-14)26(33)27(34)32(46-23)47-28-17-9-20-19(41-12-42-20)8-16(17)24(25-18(28)10-40-31(25)35)15-6-21(37-2)29(22(7-15)38-3)43-13-44-48(4,5)36/h6-9,14,18,23-28,30,32-34H,10-13H2,1-5H3/t14?,18-,23+,24?,25-,26?,27?,28?,30?,32?/m0/s1. The predicted molar refractivity (Wildman–Crippen MR) is 163 cm³/mol. The molecule has 7 rings (SSSR count). The third-order valence-electron chi connectivity index (χ3n) is 9.29. The van der Waals surface area contributed by atoms with Gasteiger partial charge in [0.15, 0.2) is 49.7 Å². The van der Waals surface area contributed by atoms with Crippen LogP contribution in [0.25, 0.3) is 0 Å². The van der Waals surface area contributed by atoms with Crippen LogP contribution in [-0.2, 0) is 37.6 Å². The van der Waals surface area contributed by atoms with Gasteiger partial charge in [-0.05, 0) is 47.9 Å². The lowest BCUT2D eigenvalue weighted by Gasteiger charge is -2.47. The molecule has 3 saturated heterocycles. The van der Waals surface area contributed by atoms with Gasteiger partial charge < -0.3 is 57.6 Å². The molecule has 3 fully saturated rings. The minimum absolute atomic E-state index is 0.0135. The molecule has 48 heavy (non-hydrogen) atoms. The minimum Gasteiger partial charge on any atom is -0.493 e. The second-order valence-corrected chi connectivity index (χ2v) is 15.4. The summed E-state index contributed by atoms with van der Waals surface area (Å²) in [6, 6.07) is 7.10. The van der Waals surface area contributed by atoms with Gasteiger partial charge in [-0.1, -0.05) is 0 Å². The van der Waals surface area contributed by atoms with Crippen LogP contribution in [0, 0.1) is 11.8 Å². The van der Waals surface area contributed by atoms with E-state index < -0.39 is 74.2 Å². The van der Waals surface area contributed by atoms with Gasteiger partial charge in [0.1, 0.15) is 24.4 Å². The van der Waals surface area contributed by atoms with Crippen molar-refractivity contribution >= 4 is 13.3 Å². The maximum atomic E-state index is 13.6. The molecular formula is C32H39O15P. The van der Waals surface area contributed by atoms with Crippen molar-refractivity contribution < 1.29 is 71.5 Å². The van der Waals surface area contributed by atoms with Crippen LogP contribution in [0.2, 0.25) is 0 Å². The third-order valence-corrected chi connectivity index (χ3v) is 10.0. The maximum absolute atomic E-state index is 13.6. The number of esters is 1. The number of carbonyl (C=O) groups excluding carboxylic acids is 1. The van der Waals surface area contributed by atoms with E-state index in [1.165, 1.54) is 27.5 Å². The number of cyclic esters (lactones) is 1. The first-order chi connectivity index (χ1) is 23.0. The number of rotatable bonds is 9. The van der Waals surface area contributed by atoms with Crippen molar-refractivity contribution in [1.82, 2.24) is 0 Å². The Bertz CT molecular complexity index is 1570. The van der Waals surface area contributed by atoms with Crippen LogP contribution >= 0.6 is 7.37 Å². The minimum atomic E-state index is -2.82. The number of aliphatic hydroxyl groups excluding tert-OH is 2. The van der Waals surface area contributed by atoms with E-state index in [1.54, 1.807) is 25.1 Å². The molecule has 5 aliphatic rings. The Morgan fingerprint density at radius 2 is 1.60 bits per heavy atom. The van der Waals surface area contributed by atoms with E-state index in [0.29, 0.717) is 39.7 Å². The number of fused-ring (bicyclic) bond motifs is 4. The highest BCUT2D eigenvalue weighted by Gasteiger charge is 2.56. The third kappa shape index (κ3) is 6.00. The molecule has 0 saturated carbocycles. The summed E-state index contributed by atoms with van der Waals surface area (Å²) in [6.07, 6.45) is -6.93. The van der Waals surface area contributed by atoms with Crippen LogP contribution < -0.4 is 23.7 Å². The SMILES string of the molecule is COc1cc(C2c3cc4c(cc3C(OC3O[C@@H]5COC(C)OC5C(O)C3O)[C@H]3COC(=O)[C@H]23)OCO4)cc(OC)c1OCOP(C)(C)=O. The quantitative estimate of drug-likeness (QED) is 0.222. The molecule has 0 aromatic heterocycles. The maximum Gasteiger partial charge on any atom is 0.310 e. The van der Waals surface area contributed by atoms with Crippen LogP contribution in [0.1, 0.15) is 35.6 Å². The number of methoxy groups -OCH3 is 2. The zero-order chi connectivity index (χ0) is 33.9. The Morgan fingerprint density at radius 1 is 0.917 bits per heavy atom. The highest BCUT2D eigenvalue weighted by molar-refractivity contribution is 7.57. The molecule has 0 amide bonds. The van der Waals surface area contributed by atoms with Crippen molar-refractivity contribution in [3.05, 3.63) is 41.0 Å². The first-order valence-electron chi connectivity index (χ1n) is 15.6. The summed E-state index contributed by atoms with van der Waals surface area (Å²) in [5.41, 5.74) is 2.00. The largest absolute Gasteiger partial charge is 0.493 e. The van der Waals surface area contributed by atoms with Gasteiger partial charge in [-0.15, -0.1) is 0 Å². The summed E-state index contributed by atoms with van der Waals surface area (Å²) < 4.78 is 75.6. The predicted octanol–water partition coefficient (Wildman–Crippen LogP) is 2.52. The first-order valence-corrected chi connectivity index (χ1v) is 18.1.